The van der Waals surface area contributed by atoms with E-state index in [1.54, 1.807) is 0 Å². The highest BCUT2D eigenvalue weighted by molar-refractivity contribution is 7.89. The van der Waals surface area contributed by atoms with Crippen molar-refractivity contribution in [3.05, 3.63) is 59.7 Å². The lowest BCUT2D eigenvalue weighted by Gasteiger charge is -2.18. The van der Waals surface area contributed by atoms with E-state index < -0.39 is 16.0 Å². The van der Waals surface area contributed by atoms with Gasteiger partial charge in [0.1, 0.15) is 4.90 Å². The van der Waals surface area contributed by atoms with Crippen molar-refractivity contribution in [2.75, 3.05) is 11.9 Å². The normalized spacial score (nSPS) is 12.5. The first-order valence-electron chi connectivity index (χ1n) is 8.51. The molecular weight excluding hydrogens is 352 g/mol. The summed E-state index contributed by atoms with van der Waals surface area (Å²) < 4.78 is 28.0. The molecule has 0 amide bonds. The van der Waals surface area contributed by atoms with Crippen LogP contribution < -0.4 is 10.0 Å². The fourth-order valence-corrected chi connectivity index (χ4v) is 3.64. The third-order valence-corrected chi connectivity index (χ3v) is 5.58. The van der Waals surface area contributed by atoms with Crippen molar-refractivity contribution in [1.82, 2.24) is 4.72 Å². The van der Waals surface area contributed by atoms with Gasteiger partial charge in [-0.3, -0.25) is 0 Å². The number of aromatic carboxylic acids is 1. The Morgan fingerprint density at radius 1 is 1.15 bits per heavy atom. The van der Waals surface area contributed by atoms with Crippen molar-refractivity contribution in [3.63, 3.8) is 0 Å². The first-order chi connectivity index (χ1) is 12.3. The van der Waals surface area contributed by atoms with Gasteiger partial charge in [0.2, 0.25) is 10.0 Å². The molecule has 0 heterocycles. The number of nitrogens with one attached hydrogen (secondary N) is 2. The molecule has 2 aromatic rings. The van der Waals surface area contributed by atoms with Crippen LogP contribution in [0.15, 0.2) is 53.4 Å². The van der Waals surface area contributed by atoms with Gasteiger partial charge in [-0.1, -0.05) is 37.3 Å². The van der Waals surface area contributed by atoms with Crippen LogP contribution in [0.25, 0.3) is 0 Å². The highest BCUT2D eigenvalue weighted by Crippen LogP contribution is 2.24. The van der Waals surface area contributed by atoms with Crippen LogP contribution in [0.1, 0.15) is 36.2 Å². The van der Waals surface area contributed by atoms with Crippen LogP contribution in [0.3, 0.4) is 0 Å². The number of anilines is 1. The fraction of sp³-hybridized carbons (Fsp3) is 0.316. The van der Waals surface area contributed by atoms with E-state index in [-0.39, 0.29) is 23.0 Å². The Labute approximate surface area is 154 Å². The summed E-state index contributed by atoms with van der Waals surface area (Å²) in [6, 6.07) is 13.7. The van der Waals surface area contributed by atoms with Gasteiger partial charge in [0.25, 0.3) is 0 Å². The van der Waals surface area contributed by atoms with Crippen molar-refractivity contribution in [2.24, 2.45) is 0 Å². The summed E-state index contributed by atoms with van der Waals surface area (Å²) in [6.45, 7) is 4.15. The molecule has 0 saturated carbocycles. The van der Waals surface area contributed by atoms with E-state index in [0.29, 0.717) is 12.1 Å². The summed E-state index contributed by atoms with van der Waals surface area (Å²) in [5, 5.41) is 12.3. The molecule has 0 aliphatic heterocycles. The molecule has 2 aromatic carbocycles. The third-order valence-electron chi connectivity index (χ3n) is 4.08. The molecule has 6 nitrogen and oxygen atoms in total. The summed E-state index contributed by atoms with van der Waals surface area (Å²) >= 11 is 0. The average molecular weight is 376 g/mol. The molecule has 0 aromatic heterocycles. The predicted molar refractivity (Wildman–Crippen MR) is 102 cm³/mol. The monoisotopic (exact) mass is 376 g/mol. The van der Waals surface area contributed by atoms with E-state index in [4.69, 9.17) is 0 Å². The molecule has 0 aliphatic rings. The Hall–Kier alpha value is -2.38. The summed E-state index contributed by atoms with van der Waals surface area (Å²) in [7, 11) is -3.85. The van der Waals surface area contributed by atoms with Crippen molar-refractivity contribution < 1.29 is 18.3 Å². The van der Waals surface area contributed by atoms with Crippen LogP contribution in [0, 0.1) is 0 Å². The summed E-state index contributed by atoms with van der Waals surface area (Å²) in [4.78, 5) is 11.2. The number of rotatable bonds is 9. The first-order valence-corrected chi connectivity index (χ1v) is 9.99. The molecule has 0 spiro atoms. The lowest BCUT2D eigenvalue weighted by Crippen LogP contribution is -2.28. The van der Waals surface area contributed by atoms with Crippen LogP contribution >= 0.6 is 0 Å². The highest BCUT2D eigenvalue weighted by atomic mass is 32.2. The Morgan fingerprint density at radius 2 is 1.85 bits per heavy atom. The minimum Gasteiger partial charge on any atom is -0.478 e. The predicted octanol–water partition coefficient (Wildman–Crippen LogP) is 3.12. The molecule has 0 radical (unpaired) electrons. The minimum atomic E-state index is -3.85. The van der Waals surface area contributed by atoms with Crippen LogP contribution in [0.5, 0.6) is 0 Å². The standard InChI is InChI=1S/C19H24N2O4S/c1-3-14(2)21-17-10-9-16(19(22)23)13-18(17)26(24,25)20-12-11-15-7-5-4-6-8-15/h4-10,13-14,20-21H,3,11-12H2,1-2H3,(H,22,23). The number of carbonyl (C=O) groups is 1. The zero-order valence-electron chi connectivity index (χ0n) is 14.9. The lowest BCUT2D eigenvalue weighted by atomic mass is 10.2. The number of sulfonamides is 1. The maximum absolute atomic E-state index is 12.7. The minimum absolute atomic E-state index is 0.0502. The Morgan fingerprint density at radius 3 is 2.46 bits per heavy atom. The number of carboxylic acids is 1. The number of hydrogen-bond acceptors (Lipinski definition) is 4. The van der Waals surface area contributed by atoms with E-state index in [0.717, 1.165) is 12.0 Å². The number of carboxylic acid groups (broad SMARTS) is 1. The van der Waals surface area contributed by atoms with Gasteiger partial charge in [0.15, 0.2) is 0 Å². The SMILES string of the molecule is CCC(C)Nc1ccc(C(=O)O)cc1S(=O)(=O)NCCc1ccccc1. The second-order valence-corrected chi connectivity index (χ2v) is 7.84. The quantitative estimate of drug-likeness (QED) is 0.625. The molecular formula is C19H24N2O4S. The van der Waals surface area contributed by atoms with Gasteiger partial charge >= 0.3 is 5.97 Å². The van der Waals surface area contributed by atoms with Gasteiger partial charge < -0.3 is 10.4 Å². The molecule has 140 valence electrons. The molecule has 0 saturated heterocycles. The van der Waals surface area contributed by atoms with Crippen LogP contribution in [0.4, 0.5) is 5.69 Å². The van der Waals surface area contributed by atoms with E-state index in [9.17, 15) is 18.3 Å². The Balaban J connectivity index is 2.24. The lowest BCUT2D eigenvalue weighted by molar-refractivity contribution is 0.0696. The number of benzene rings is 2. The van der Waals surface area contributed by atoms with E-state index in [1.165, 1.54) is 18.2 Å². The molecule has 7 heteroatoms. The average Bonchev–Trinajstić information content (AvgIpc) is 2.62. The molecule has 0 fully saturated rings. The zero-order chi connectivity index (χ0) is 19.2. The maximum Gasteiger partial charge on any atom is 0.335 e. The van der Waals surface area contributed by atoms with Crippen molar-refractivity contribution in [2.45, 2.75) is 37.6 Å². The molecule has 2 rings (SSSR count). The van der Waals surface area contributed by atoms with Gasteiger partial charge in [-0.2, -0.15) is 0 Å². The molecule has 1 unspecified atom stereocenters. The third kappa shape index (κ3) is 5.31. The Kier molecular flexibility index (Phi) is 6.76. The molecule has 26 heavy (non-hydrogen) atoms. The van der Waals surface area contributed by atoms with E-state index >= 15 is 0 Å². The summed E-state index contributed by atoms with van der Waals surface area (Å²) in [6.07, 6.45) is 1.36. The van der Waals surface area contributed by atoms with Gasteiger partial charge in [0, 0.05) is 12.6 Å². The molecule has 3 N–H and O–H groups in total. The second kappa shape index (κ2) is 8.82. The summed E-state index contributed by atoms with van der Waals surface area (Å²) in [5.41, 5.74) is 1.35. The van der Waals surface area contributed by atoms with Crippen LogP contribution in [-0.2, 0) is 16.4 Å². The van der Waals surface area contributed by atoms with Crippen molar-refractivity contribution >= 4 is 21.7 Å². The fourth-order valence-electron chi connectivity index (χ4n) is 2.42. The molecule has 0 aliphatic carbocycles. The van der Waals surface area contributed by atoms with Crippen LogP contribution in [0.2, 0.25) is 0 Å². The van der Waals surface area contributed by atoms with Crippen molar-refractivity contribution in [1.29, 1.82) is 0 Å². The van der Waals surface area contributed by atoms with E-state index in [2.05, 4.69) is 10.0 Å². The summed E-state index contributed by atoms with van der Waals surface area (Å²) in [5.74, 6) is -1.17. The van der Waals surface area contributed by atoms with Gasteiger partial charge in [-0.15, -0.1) is 0 Å². The van der Waals surface area contributed by atoms with Gasteiger partial charge in [0.05, 0.1) is 11.3 Å². The van der Waals surface area contributed by atoms with E-state index in [1.807, 2.05) is 44.2 Å². The number of hydrogen-bond donors (Lipinski definition) is 3. The topological polar surface area (TPSA) is 95.5 Å². The Bertz CT molecular complexity index is 851. The van der Waals surface area contributed by atoms with Gasteiger partial charge in [-0.05, 0) is 43.5 Å². The largest absolute Gasteiger partial charge is 0.478 e. The second-order valence-electron chi connectivity index (χ2n) is 6.10. The highest BCUT2D eigenvalue weighted by Gasteiger charge is 2.21. The first kappa shape index (κ1) is 19.9. The molecule has 1 atom stereocenters. The van der Waals surface area contributed by atoms with Crippen molar-refractivity contribution in [3.8, 4) is 0 Å². The molecule has 0 bridgehead atoms. The maximum atomic E-state index is 12.7. The van der Waals surface area contributed by atoms with Crippen LogP contribution in [-0.4, -0.2) is 32.1 Å². The smallest absolute Gasteiger partial charge is 0.335 e. The zero-order valence-corrected chi connectivity index (χ0v) is 15.7. The van der Waals surface area contributed by atoms with Gasteiger partial charge in [-0.25, -0.2) is 17.9 Å².